The van der Waals surface area contributed by atoms with Gasteiger partial charge in [0.05, 0.1) is 20.3 Å². The van der Waals surface area contributed by atoms with Crippen molar-refractivity contribution in [2.45, 2.75) is 5.60 Å². The van der Waals surface area contributed by atoms with E-state index in [9.17, 15) is 14.3 Å². The van der Waals surface area contributed by atoms with Gasteiger partial charge in [-0.3, -0.25) is 4.79 Å². The maximum Gasteiger partial charge on any atom is 0.251 e. The zero-order valence-electron chi connectivity index (χ0n) is 13.6. The monoisotopic (exact) mass is 333 g/mol. The van der Waals surface area contributed by atoms with Crippen LogP contribution in [-0.2, 0) is 10.3 Å². The predicted molar refractivity (Wildman–Crippen MR) is 87.5 cm³/mol. The molecular weight excluding hydrogens is 313 g/mol. The summed E-state index contributed by atoms with van der Waals surface area (Å²) >= 11 is 0. The second-order valence-electron chi connectivity index (χ2n) is 5.36. The van der Waals surface area contributed by atoms with Gasteiger partial charge in [-0.1, -0.05) is 30.3 Å². The molecule has 24 heavy (non-hydrogen) atoms. The Morgan fingerprint density at radius 3 is 2.50 bits per heavy atom. The van der Waals surface area contributed by atoms with Gasteiger partial charge in [-0.2, -0.15) is 0 Å². The Morgan fingerprint density at radius 2 is 1.92 bits per heavy atom. The van der Waals surface area contributed by atoms with E-state index in [0.29, 0.717) is 5.56 Å². The first-order valence-corrected chi connectivity index (χ1v) is 7.39. The molecule has 128 valence electrons. The third kappa shape index (κ3) is 4.10. The summed E-state index contributed by atoms with van der Waals surface area (Å²) in [5, 5.41) is 13.4. The summed E-state index contributed by atoms with van der Waals surface area (Å²) in [5.41, 5.74) is -0.620. The Balaban J connectivity index is 2.12. The Labute approximate surface area is 140 Å². The molecule has 0 spiro atoms. The highest BCUT2D eigenvalue weighted by Crippen LogP contribution is 2.21. The smallest absolute Gasteiger partial charge is 0.251 e. The number of carbonyl (C=O) groups is 1. The number of halogens is 1. The molecule has 0 bridgehead atoms. The van der Waals surface area contributed by atoms with Crippen LogP contribution in [0.25, 0.3) is 0 Å². The van der Waals surface area contributed by atoms with Crippen LogP contribution in [0.2, 0.25) is 0 Å². The SMILES string of the molecule is COC[C@@](O)(CNC(=O)c1ccc(OC)c(F)c1)c1ccccc1. The van der Waals surface area contributed by atoms with Gasteiger partial charge in [0.2, 0.25) is 0 Å². The summed E-state index contributed by atoms with van der Waals surface area (Å²) in [5.74, 6) is -1.06. The second kappa shape index (κ2) is 7.90. The van der Waals surface area contributed by atoms with Crippen LogP contribution in [0.4, 0.5) is 4.39 Å². The Hall–Kier alpha value is -2.44. The molecule has 0 aliphatic heterocycles. The van der Waals surface area contributed by atoms with Crippen molar-refractivity contribution in [2.75, 3.05) is 27.4 Å². The Morgan fingerprint density at radius 1 is 1.21 bits per heavy atom. The molecule has 2 aromatic carbocycles. The molecule has 0 heterocycles. The van der Waals surface area contributed by atoms with Crippen LogP contribution in [0.5, 0.6) is 5.75 Å². The molecule has 0 aliphatic carbocycles. The molecule has 0 aromatic heterocycles. The molecule has 2 aromatic rings. The van der Waals surface area contributed by atoms with Crippen LogP contribution in [-0.4, -0.2) is 38.4 Å². The highest BCUT2D eigenvalue weighted by atomic mass is 19.1. The first kappa shape index (κ1) is 17.9. The second-order valence-corrected chi connectivity index (χ2v) is 5.36. The molecule has 2 rings (SSSR count). The highest BCUT2D eigenvalue weighted by Gasteiger charge is 2.30. The van der Waals surface area contributed by atoms with Gasteiger partial charge in [0, 0.05) is 12.7 Å². The van der Waals surface area contributed by atoms with E-state index in [0.717, 1.165) is 6.07 Å². The van der Waals surface area contributed by atoms with Gasteiger partial charge in [0.15, 0.2) is 11.6 Å². The molecule has 0 unspecified atom stereocenters. The lowest BCUT2D eigenvalue weighted by Gasteiger charge is -2.28. The van der Waals surface area contributed by atoms with Gasteiger partial charge in [-0.25, -0.2) is 4.39 Å². The molecule has 0 saturated carbocycles. The molecule has 0 aliphatic rings. The minimum Gasteiger partial charge on any atom is -0.494 e. The van der Waals surface area contributed by atoms with Crippen LogP contribution in [0.1, 0.15) is 15.9 Å². The van der Waals surface area contributed by atoms with Crippen LogP contribution in [0, 0.1) is 5.82 Å². The largest absolute Gasteiger partial charge is 0.494 e. The zero-order valence-corrected chi connectivity index (χ0v) is 13.6. The number of amides is 1. The third-order valence-electron chi connectivity index (χ3n) is 3.65. The summed E-state index contributed by atoms with van der Waals surface area (Å²) in [6, 6.07) is 12.8. The average molecular weight is 333 g/mol. The Kier molecular flexibility index (Phi) is 5.89. The number of rotatable bonds is 7. The molecule has 2 N–H and O–H groups in total. The lowest BCUT2D eigenvalue weighted by molar-refractivity contribution is -0.0334. The topological polar surface area (TPSA) is 67.8 Å². The fourth-order valence-electron chi connectivity index (χ4n) is 2.36. The van der Waals surface area contributed by atoms with Gasteiger partial charge >= 0.3 is 0 Å². The Bertz CT molecular complexity index is 693. The molecule has 6 heteroatoms. The molecular formula is C18H20FNO4. The van der Waals surface area contributed by atoms with Crippen LogP contribution < -0.4 is 10.1 Å². The van der Waals surface area contributed by atoms with Crippen molar-refractivity contribution in [3.63, 3.8) is 0 Å². The summed E-state index contributed by atoms with van der Waals surface area (Å²) in [6.45, 7) is -0.0639. The van der Waals surface area contributed by atoms with Crippen molar-refractivity contribution in [1.29, 1.82) is 0 Å². The molecule has 5 nitrogen and oxygen atoms in total. The van der Waals surface area contributed by atoms with Crippen molar-refractivity contribution < 1.29 is 23.8 Å². The number of ether oxygens (including phenoxy) is 2. The number of hydrogen-bond acceptors (Lipinski definition) is 4. The van der Waals surface area contributed by atoms with E-state index in [1.807, 2.05) is 6.07 Å². The zero-order chi connectivity index (χ0) is 17.6. The van der Waals surface area contributed by atoms with Crippen LogP contribution in [0.15, 0.2) is 48.5 Å². The third-order valence-corrected chi connectivity index (χ3v) is 3.65. The van der Waals surface area contributed by atoms with Crippen molar-refractivity contribution >= 4 is 5.91 Å². The van der Waals surface area contributed by atoms with Gasteiger partial charge in [-0.05, 0) is 23.8 Å². The van der Waals surface area contributed by atoms with Gasteiger partial charge < -0.3 is 19.9 Å². The van der Waals surface area contributed by atoms with Crippen molar-refractivity contribution in [1.82, 2.24) is 5.32 Å². The number of hydrogen-bond donors (Lipinski definition) is 2. The van der Waals surface area contributed by atoms with Gasteiger partial charge in [0.25, 0.3) is 5.91 Å². The predicted octanol–water partition coefficient (Wildman–Crippen LogP) is 2.10. The molecule has 0 fully saturated rings. The number of nitrogens with one attached hydrogen (secondary N) is 1. The number of carbonyl (C=O) groups excluding carboxylic acids is 1. The summed E-state index contributed by atoms with van der Waals surface area (Å²) in [7, 11) is 2.82. The lowest BCUT2D eigenvalue weighted by Crippen LogP contribution is -2.44. The minimum absolute atomic E-state index is 0.00820. The lowest BCUT2D eigenvalue weighted by atomic mass is 9.94. The normalized spacial score (nSPS) is 13.2. The van der Waals surface area contributed by atoms with Crippen molar-refractivity contribution in [3.05, 3.63) is 65.5 Å². The fourth-order valence-corrected chi connectivity index (χ4v) is 2.36. The number of benzene rings is 2. The van der Waals surface area contributed by atoms with E-state index in [2.05, 4.69) is 5.32 Å². The van der Waals surface area contributed by atoms with Gasteiger partial charge in [-0.15, -0.1) is 0 Å². The first-order chi connectivity index (χ1) is 11.5. The highest BCUT2D eigenvalue weighted by molar-refractivity contribution is 5.94. The van der Waals surface area contributed by atoms with E-state index in [1.54, 1.807) is 24.3 Å². The molecule has 1 amide bonds. The average Bonchev–Trinajstić information content (AvgIpc) is 2.60. The van der Waals surface area contributed by atoms with Crippen molar-refractivity contribution in [2.24, 2.45) is 0 Å². The van der Waals surface area contributed by atoms with E-state index < -0.39 is 17.3 Å². The fraction of sp³-hybridized carbons (Fsp3) is 0.278. The van der Waals surface area contributed by atoms with Crippen LogP contribution >= 0.6 is 0 Å². The summed E-state index contributed by atoms with van der Waals surface area (Å²) in [6.07, 6.45) is 0. The standard InChI is InChI=1S/C18H20FNO4/c1-23-12-18(22,14-6-4-3-5-7-14)11-20-17(21)13-8-9-16(24-2)15(19)10-13/h3-10,22H,11-12H2,1-2H3,(H,20,21)/t18-/m0/s1. The number of aliphatic hydroxyl groups is 1. The van der Waals surface area contributed by atoms with E-state index in [-0.39, 0.29) is 24.5 Å². The van der Waals surface area contributed by atoms with E-state index in [4.69, 9.17) is 9.47 Å². The molecule has 1 atom stereocenters. The summed E-state index contributed by atoms with van der Waals surface area (Å²) in [4.78, 5) is 12.2. The van der Waals surface area contributed by atoms with E-state index in [1.165, 1.54) is 26.4 Å². The molecule has 0 saturated heterocycles. The number of methoxy groups -OCH3 is 2. The van der Waals surface area contributed by atoms with Crippen molar-refractivity contribution in [3.8, 4) is 5.75 Å². The maximum absolute atomic E-state index is 13.7. The minimum atomic E-state index is -1.38. The first-order valence-electron chi connectivity index (χ1n) is 7.39. The van der Waals surface area contributed by atoms with E-state index >= 15 is 0 Å². The molecule has 0 radical (unpaired) electrons. The van der Waals surface area contributed by atoms with Crippen LogP contribution in [0.3, 0.4) is 0 Å². The quantitative estimate of drug-likeness (QED) is 0.814. The van der Waals surface area contributed by atoms with Gasteiger partial charge in [0.1, 0.15) is 5.60 Å². The maximum atomic E-state index is 13.7. The summed E-state index contributed by atoms with van der Waals surface area (Å²) < 4.78 is 23.6.